The fourth-order valence-electron chi connectivity index (χ4n) is 0.985. The van der Waals surface area contributed by atoms with Gasteiger partial charge in [-0.3, -0.25) is 4.79 Å². The Morgan fingerprint density at radius 1 is 1.79 bits per heavy atom. The third-order valence-electron chi connectivity index (χ3n) is 1.81. The zero-order chi connectivity index (χ0) is 10.4. The van der Waals surface area contributed by atoms with Crippen LogP contribution in [0, 0.1) is 0 Å². The second-order valence-electron chi connectivity index (χ2n) is 2.97. The van der Waals surface area contributed by atoms with Crippen molar-refractivity contribution >= 4 is 5.97 Å². The molecule has 0 aromatic carbocycles. The van der Waals surface area contributed by atoms with Gasteiger partial charge >= 0.3 is 5.97 Å². The van der Waals surface area contributed by atoms with E-state index in [1.807, 2.05) is 0 Å². The van der Waals surface area contributed by atoms with E-state index in [9.17, 15) is 4.79 Å². The van der Waals surface area contributed by atoms with E-state index in [0.29, 0.717) is 19.5 Å². The standard InChI is InChI=1S/C8H14N4O2/c9-7(8(13)14)1-2-10-3-6-4-11-5-12-6/h4-5,7,10H,1-3,9H2,(H,11,12)(H,13,14)/t7-/m0/s1. The van der Waals surface area contributed by atoms with Crippen molar-refractivity contribution in [1.29, 1.82) is 0 Å². The predicted molar refractivity (Wildman–Crippen MR) is 50.5 cm³/mol. The van der Waals surface area contributed by atoms with Crippen molar-refractivity contribution in [2.24, 2.45) is 5.73 Å². The highest BCUT2D eigenvalue weighted by Gasteiger charge is 2.09. The molecule has 0 fully saturated rings. The first-order chi connectivity index (χ1) is 6.70. The fourth-order valence-corrected chi connectivity index (χ4v) is 0.985. The van der Waals surface area contributed by atoms with Gasteiger partial charge in [-0.25, -0.2) is 4.98 Å². The maximum Gasteiger partial charge on any atom is 0.320 e. The monoisotopic (exact) mass is 198 g/mol. The van der Waals surface area contributed by atoms with E-state index < -0.39 is 12.0 Å². The Morgan fingerprint density at radius 2 is 2.57 bits per heavy atom. The molecule has 0 aliphatic heterocycles. The first kappa shape index (κ1) is 10.7. The molecule has 1 heterocycles. The number of aromatic nitrogens is 2. The number of carbonyl (C=O) groups is 1. The summed E-state index contributed by atoms with van der Waals surface area (Å²) in [5.41, 5.74) is 6.21. The van der Waals surface area contributed by atoms with E-state index in [-0.39, 0.29) is 0 Å². The predicted octanol–water partition coefficient (Wildman–Crippen LogP) is -0.699. The maximum absolute atomic E-state index is 10.4. The number of hydrogen-bond acceptors (Lipinski definition) is 4. The minimum absolute atomic E-state index is 0.416. The molecular weight excluding hydrogens is 184 g/mol. The zero-order valence-electron chi connectivity index (χ0n) is 7.73. The van der Waals surface area contributed by atoms with E-state index in [1.54, 1.807) is 12.5 Å². The summed E-state index contributed by atoms with van der Waals surface area (Å²) in [5.74, 6) is -0.966. The summed E-state index contributed by atoms with van der Waals surface area (Å²) in [4.78, 5) is 17.2. The van der Waals surface area contributed by atoms with Crippen LogP contribution in [-0.2, 0) is 11.3 Å². The molecule has 0 unspecified atom stereocenters. The molecule has 0 saturated carbocycles. The van der Waals surface area contributed by atoms with Crippen LogP contribution >= 0.6 is 0 Å². The van der Waals surface area contributed by atoms with Gasteiger partial charge in [0.2, 0.25) is 0 Å². The molecule has 1 rings (SSSR count). The van der Waals surface area contributed by atoms with Crippen LogP contribution in [0.3, 0.4) is 0 Å². The fraction of sp³-hybridized carbons (Fsp3) is 0.500. The average Bonchev–Trinajstić information content (AvgIpc) is 2.64. The number of aromatic amines is 1. The van der Waals surface area contributed by atoms with Crippen molar-refractivity contribution in [3.05, 3.63) is 18.2 Å². The van der Waals surface area contributed by atoms with Gasteiger partial charge in [-0.1, -0.05) is 0 Å². The van der Waals surface area contributed by atoms with Crippen molar-refractivity contribution in [3.63, 3.8) is 0 Å². The van der Waals surface area contributed by atoms with E-state index in [1.165, 1.54) is 0 Å². The van der Waals surface area contributed by atoms with E-state index >= 15 is 0 Å². The number of rotatable bonds is 6. The number of hydrogen-bond donors (Lipinski definition) is 4. The van der Waals surface area contributed by atoms with Gasteiger partial charge in [-0.05, 0) is 13.0 Å². The molecule has 0 bridgehead atoms. The minimum atomic E-state index is -0.966. The van der Waals surface area contributed by atoms with Crippen molar-refractivity contribution in [2.75, 3.05) is 6.54 Å². The number of nitrogens with two attached hydrogens (primary N) is 1. The van der Waals surface area contributed by atoms with Crippen LogP contribution in [0.25, 0.3) is 0 Å². The van der Waals surface area contributed by atoms with Crippen LogP contribution in [0.4, 0.5) is 0 Å². The summed E-state index contributed by atoms with van der Waals surface area (Å²) >= 11 is 0. The molecule has 0 amide bonds. The Balaban J connectivity index is 2.08. The SMILES string of the molecule is N[C@@H](CCNCc1c[nH]cn1)C(=O)O. The van der Waals surface area contributed by atoms with Crippen LogP contribution in [0.2, 0.25) is 0 Å². The Kier molecular flexibility index (Phi) is 4.09. The maximum atomic E-state index is 10.4. The summed E-state index contributed by atoms with van der Waals surface area (Å²) < 4.78 is 0. The third kappa shape index (κ3) is 3.55. The number of carboxylic acid groups (broad SMARTS) is 1. The Hall–Kier alpha value is -1.40. The molecule has 0 saturated heterocycles. The van der Waals surface area contributed by atoms with Crippen LogP contribution in [0.15, 0.2) is 12.5 Å². The van der Waals surface area contributed by atoms with Gasteiger partial charge < -0.3 is 21.1 Å². The van der Waals surface area contributed by atoms with Gasteiger partial charge in [0.25, 0.3) is 0 Å². The Labute approximate surface area is 81.5 Å². The molecule has 1 aromatic heterocycles. The Bertz CT molecular complexity index is 273. The Morgan fingerprint density at radius 3 is 3.14 bits per heavy atom. The lowest BCUT2D eigenvalue weighted by molar-refractivity contribution is -0.138. The molecule has 0 aliphatic rings. The quantitative estimate of drug-likeness (QED) is 0.452. The van der Waals surface area contributed by atoms with Crippen LogP contribution in [0.5, 0.6) is 0 Å². The largest absolute Gasteiger partial charge is 0.480 e. The number of aliphatic carboxylic acids is 1. The first-order valence-electron chi connectivity index (χ1n) is 4.37. The number of imidazole rings is 1. The van der Waals surface area contributed by atoms with Gasteiger partial charge in [0.15, 0.2) is 0 Å². The van der Waals surface area contributed by atoms with Gasteiger partial charge in [0, 0.05) is 12.7 Å². The highest BCUT2D eigenvalue weighted by molar-refractivity contribution is 5.72. The van der Waals surface area contributed by atoms with Crippen LogP contribution in [-0.4, -0.2) is 33.6 Å². The van der Waals surface area contributed by atoms with E-state index in [0.717, 1.165) is 5.69 Å². The molecule has 0 aliphatic carbocycles. The summed E-state index contributed by atoms with van der Waals surface area (Å²) in [6, 6.07) is -0.790. The highest BCUT2D eigenvalue weighted by Crippen LogP contribution is 1.90. The van der Waals surface area contributed by atoms with Gasteiger partial charge in [0.05, 0.1) is 12.0 Å². The smallest absolute Gasteiger partial charge is 0.320 e. The molecule has 14 heavy (non-hydrogen) atoms. The van der Waals surface area contributed by atoms with Crippen LogP contribution < -0.4 is 11.1 Å². The van der Waals surface area contributed by atoms with Gasteiger partial charge in [0.1, 0.15) is 6.04 Å². The molecule has 1 aromatic rings. The molecule has 5 N–H and O–H groups in total. The van der Waals surface area contributed by atoms with Crippen molar-refractivity contribution < 1.29 is 9.90 Å². The lowest BCUT2D eigenvalue weighted by Crippen LogP contribution is -2.33. The molecular formula is C8H14N4O2. The van der Waals surface area contributed by atoms with Crippen molar-refractivity contribution in [1.82, 2.24) is 15.3 Å². The second-order valence-corrected chi connectivity index (χ2v) is 2.97. The minimum Gasteiger partial charge on any atom is -0.480 e. The topological polar surface area (TPSA) is 104 Å². The van der Waals surface area contributed by atoms with Gasteiger partial charge in [-0.2, -0.15) is 0 Å². The highest BCUT2D eigenvalue weighted by atomic mass is 16.4. The van der Waals surface area contributed by atoms with E-state index in [2.05, 4.69) is 15.3 Å². The summed E-state index contributed by atoms with van der Waals surface area (Å²) in [6.07, 6.45) is 3.80. The lowest BCUT2D eigenvalue weighted by atomic mass is 10.2. The first-order valence-corrected chi connectivity index (χ1v) is 4.37. The summed E-state index contributed by atoms with van der Waals surface area (Å²) in [6.45, 7) is 1.19. The lowest BCUT2D eigenvalue weighted by Gasteiger charge is -2.06. The van der Waals surface area contributed by atoms with E-state index in [4.69, 9.17) is 10.8 Å². The molecule has 78 valence electrons. The molecule has 0 spiro atoms. The molecule has 6 heteroatoms. The number of nitrogens with zero attached hydrogens (tertiary/aromatic N) is 1. The molecule has 0 radical (unpaired) electrons. The normalized spacial score (nSPS) is 12.6. The summed E-state index contributed by atoms with van der Waals surface area (Å²) in [5, 5.41) is 11.5. The average molecular weight is 198 g/mol. The van der Waals surface area contributed by atoms with Crippen molar-refractivity contribution in [2.45, 2.75) is 19.0 Å². The summed E-state index contributed by atoms with van der Waals surface area (Å²) in [7, 11) is 0. The molecule has 1 atom stereocenters. The van der Waals surface area contributed by atoms with Gasteiger partial charge in [-0.15, -0.1) is 0 Å². The number of carboxylic acids is 1. The second kappa shape index (κ2) is 5.36. The number of H-pyrrole nitrogens is 1. The number of nitrogens with one attached hydrogen (secondary N) is 2. The zero-order valence-corrected chi connectivity index (χ0v) is 7.73. The molecule has 6 nitrogen and oxygen atoms in total. The third-order valence-corrected chi connectivity index (χ3v) is 1.81. The van der Waals surface area contributed by atoms with Crippen molar-refractivity contribution in [3.8, 4) is 0 Å². The van der Waals surface area contributed by atoms with Crippen LogP contribution in [0.1, 0.15) is 12.1 Å².